The van der Waals surface area contributed by atoms with Gasteiger partial charge in [-0.1, -0.05) is 60.7 Å². The molecule has 3 aromatic rings. The molecule has 126 valence electrons. The molecule has 0 amide bonds. The second kappa shape index (κ2) is 7.49. The Hall–Kier alpha value is -3.34. The number of nitrogens with zero attached hydrogens (tertiary/aromatic N) is 1. The van der Waals surface area contributed by atoms with E-state index in [-0.39, 0.29) is 11.7 Å². The van der Waals surface area contributed by atoms with Crippen LogP contribution in [0.1, 0.15) is 17.2 Å². The zero-order valence-corrected chi connectivity index (χ0v) is 13.8. The molecule has 0 atom stereocenters. The molecule has 5 nitrogen and oxygen atoms in total. The van der Waals surface area contributed by atoms with Crippen molar-refractivity contribution in [1.82, 2.24) is 0 Å². The number of nitrogens with one attached hydrogen (secondary N) is 1. The van der Waals surface area contributed by atoms with E-state index in [0.29, 0.717) is 11.4 Å². The maximum absolute atomic E-state index is 11.0. The van der Waals surface area contributed by atoms with Crippen molar-refractivity contribution in [2.75, 3.05) is 12.4 Å². The van der Waals surface area contributed by atoms with Gasteiger partial charge in [0.2, 0.25) is 0 Å². The van der Waals surface area contributed by atoms with Crippen LogP contribution >= 0.6 is 0 Å². The summed E-state index contributed by atoms with van der Waals surface area (Å²) in [7, 11) is 1.50. The fourth-order valence-electron chi connectivity index (χ4n) is 2.72. The smallest absolute Gasteiger partial charge is 0.273 e. The quantitative estimate of drug-likeness (QED) is 0.519. The zero-order valence-electron chi connectivity index (χ0n) is 13.8. The van der Waals surface area contributed by atoms with Gasteiger partial charge in [0, 0.05) is 6.07 Å². The Bertz CT molecular complexity index is 812. The monoisotopic (exact) mass is 334 g/mol. The van der Waals surface area contributed by atoms with Crippen molar-refractivity contribution in [3.63, 3.8) is 0 Å². The van der Waals surface area contributed by atoms with E-state index >= 15 is 0 Å². The molecule has 1 N–H and O–H groups in total. The normalized spacial score (nSPS) is 10.5. The third-order valence-electron chi connectivity index (χ3n) is 3.96. The summed E-state index contributed by atoms with van der Waals surface area (Å²) in [4.78, 5) is 10.5. The molecule has 0 bridgehead atoms. The first-order chi connectivity index (χ1) is 12.2. The molecule has 0 aliphatic heterocycles. The van der Waals surface area contributed by atoms with E-state index in [1.807, 2.05) is 60.7 Å². The van der Waals surface area contributed by atoms with E-state index in [4.69, 9.17) is 4.74 Å². The maximum atomic E-state index is 11.0. The molecule has 5 heteroatoms. The van der Waals surface area contributed by atoms with E-state index < -0.39 is 4.92 Å². The molecule has 0 spiro atoms. The lowest BCUT2D eigenvalue weighted by atomic mass is 9.98. The fraction of sp³-hybridized carbons (Fsp3) is 0.100. The second-order valence-electron chi connectivity index (χ2n) is 5.54. The Kier molecular flexibility index (Phi) is 4.95. The minimum atomic E-state index is -0.432. The number of benzene rings is 3. The van der Waals surface area contributed by atoms with Crippen LogP contribution in [0, 0.1) is 10.1 Å². The van der Waals surface area contributed by atoms with Crippen LogP contribution in [0.5, 0.6) is 5.75 Å². The largest absolute Gasteiger partial charge is 0.494 e. The topological polar surface area (TPSA) is 64.4 Å². The van der Waals surface area contributed by atoms with E-state index in [1.54, 1.807) is 6.07 Å². The summed E-state index contributed by atoms with van der Waals surface area (Å²) in [5.41, 5.74) is 2.88. The molecule has 0 aliphatic carbocycles. The number of non-ortho nitro benzene ring substituents is 1. The van der Waals surface area contributed by atoms with Gasteiger partial charge in [0.15, 0.2) is 0 Å². The average Bonchev–Trinajstić information content (AvgIpc) is 2.67. The number of hydrogen-bond donors (Lipinski definition) is 1. The third kappa shape index (κ3) is 3.77. The van der Waals surface area contributed by atoms with Crippen LogP contribution < -0.4 is 10.1 Å². The number of methoxy groups -OCH3 is 1. The molecular weight excluding hydrogens is 316 g/mol. The summed E-state index contributed by atoms with van der Waals surface area (Å²) in [6.07, 6.45) is 0. The van der Waals surface area contributed by atoms with E-state index in [1.165, 1.54) is 19.2 Å². The summed E-state index contributed by atoms with van der Waals surface area (Å²) < 4.78 is 5.34. The van der Waals surface area contributed by atoms with Crippen molar-refractivity contribution in [2.24, 2.45) is 0 Å². The van der Waals surface area contributed by atoms with Crippen LogP contribution in [0.2, 0.25) is 0 Å². The highest BCUT2D eigenvalue weighted by Gasteiger charge is 2.17. The van der Waals surface area contributed by atoms with Gasteiger partial charge >= 0.3 is 0 Å². The lowest BCUT2D eigenvalue weighted by molar-refractivity contribution is -0.384. The van der Waals surface area contributed by atoms with Gasteiger partial charge in [-0.2, -0.15) is 0 Å². The molecule has 0 unspecified atom stereocenters. The molecule has 0 heterocycles. The van der Waals surface area contributed by atoms with Gasteiger partial charge in [-0.05, 0) is 17.2 Å². The summed E-state index contributed by atoms with van der Waals surface area (Å²) in [5, 5.41) is 14.4. The summed E-state index contributed by atoms with van der Waals surface area (Å²) >= 11 is 0. The zero-order chi connectivity index (χ0) is 17.6. The van der Waals surface area contributed by atoms with Gasteiger partial charge in [-0.15, -0.1) is 0 Å². The molecule has 0 radical (unpaired) electrons. The molecule has 0 saturated heterocycles. The fourth-order valence-corrected chi connectivity index (χ4v) is 2.72. The van der Waals surface area contributed by atoms with Crippen LogP contribution in [0.4, 0.5) is 11.4 Å². The highest BCUT2D eigenvalue weighted by Crippen LogP contribution is 2.34. The Balaban J connectivity index is 2.00. The molecule has 0 aliphatic rings. The first-order valence-corrected chi connectivity index (χ1v) is 7.88. The van der Waals surface area contributed by atoms with Gasteiger partial charge in [-0.25, -0.2) is 0 Å². The van der Waals surface area contributed by atoms with Crippen LogP contribution in [0.3, 0.4) is 0 Å². The summed E-state index contributed by atoms with van der Waals surface area (Å²) in [6, 6.07) is 24.5. The molecule has 25 heavy (non-hydrogen) atoms. The van der Waals surface area contributed by atoms with Crippen molar-refractivity contribution < 1.29 is 9.66 Å². The predicted molar refractivity (Wildman–Crippen MR) is 98.0 cm³/mol. The van der Waals surface area contributed by atoms with Crippen molar-refractivity contribution in [3.8, 4) is 5.75 Å². The average molecular weight is 334 g/mol. The van der Waals surface area contributed by atoms with Gasteiger partial charge in [-0.3, -0.25) is 10.1 Å². The van der Waals surface area contributed by atoms with Crippen molar-refractivity contribution in [3.05, 3.63) is 100 Å². The third-order valence-corrected chi connectivity index (χ3v) is 3.96. The van der Waals surface area contributed by atoms with Crippen LogP contribution in [-0.4, -0.2) is 12.0 Å². The van der Waals surface area contributed by atoms with E-state index in [9.17, 15) is 10.1 Å². The van der Waals surface area contributed by atoms with Gasteiger partial charge in [0.1, 0.15) is 5.75 Å². The Morgan fingerprint density at radius 2 is 1.48 bits per heavy atom. The molecule has 0 fully saturated rings. The first-order valence-electron chi connectivity index (χ1n) is 7.88. The minimum absolute atomic E-state index is 0.00151. The lowest BCUT2D eigenvalue weighted by Gasteiger charge is -2.22. The Labute approximate surface area is 146 Å². The van der Waals surface area contributed by atoms with Gasteiger partial charge in [0.05, 0.1) is 29.8 Å². The highest BCUT2D eigenvalue weighted by molar-refractivity contribution is 5.62. The maximum Gasteiger partial charge on any atom is 0.273 e. The molecule has 3 rings (SSSR count). The molecular formula is C20H18N2O3. The Morgan fingerprint density at radius 3 is 1.96 bits per heavy atom. The van der Waals surface area contributed by atoms with Crippen LogP contribution in [-0.2, 0) is 0 Å². The minimum Gasteiger partial charge on any atom is -0.494 e. The highest BCUT2D eigenvalue weighted by atomic mass is 16.6. The Morgan fingerprint density at radius 1 is 0.920 bits per heavy atom. The van der Waals surface area contributed by atoms with Crippen LogP contribution in [0.15, 0.2) is 78.9 Å². The van der Waals surface area contributed by atoms with Gasteiger partial charge in [0.25, 0.3) is 5.69 Å². The standard InChI is InChI=1S/C20H18N2O3/c1-25-19-14-17(22(23)24)12-13-18(19)21-20(15-8-4-2-5-9-15)16-10-6-3-7-11-16/h2-14,20-21H,1H3. The van der Waals surface area contributed by atoms with E-state index in [0.717, 1.165) is 11.1 Å². The number of rotatable bonds is 6. The van der Waals surface area contributed by atoms with E-state index in [2.05, 4.69) is 5.32 Å². The number of nitro groups is 1. The number of nitro benzene ring substituents is 1. The number of ether oxygens (including phenoxy) is 1. The molecule has 0 saturated carbocycles. The van der Waals surface area contributed by atoms with Crippen molar-refractivity contribution in [1.29, 1.82) is 0 Å². The van der Waals surface area contributed by atoms with Crippen molar-refractivity contribution >= 4 is 11.4 Å². The predicted octanol–water partition coefficient (Wildman–Crippen LogP) is 4.80. The SMILES string of the molecule is COc1cc([N+](=O)[O-])ccc1NC(c1ccccc1)c1ccccc1. The summed E-state index contributed by atoms with van der Waals surface area (Å²) in [5.74, 6) is 0.436. The number of hydrogen-bond acceptors (Lipinski definition) is 4. The molecule has 3 aromatic carbocycles. The summed E-state index contributed by atoms with van der Waals surface area (Å²) in [6.45, 7) is 0. The van der Waals surface area contributed by atoms with Crippen molar-refractivity contribution in [2.45, 2.75) is 6.04 Å². The molecule has 0 aromatic heterocycles. The second-order valence-corrected chi connectivity index (χ2v) is 5.54. The first kappa shape index (κ1) is 16.5. The van der Waals surface area contributed by atoms with Crippen LogP contribution in [0.25, 0.3) is 0 Å². The number of anilines is 1. The lowest BCUT2D eigenvalue weighted by Crippen LogP contribution is -2.13. The van der Waals surface area contributed by atoms with Gasteiger partial charge < -0.3 is 10.1 Å².